The van der Waals surface area contributed by atoms with E-state index < -0.39 is 0 Å². The molecule has 4 nitrogen and oxygen atoms in total. The lowest BCUT2D eigenvalue weighted by Gasteiger charge is -2.38. The predicted octanol–water partition coefficient (Wildman–Crippen LogP) is 4.13. The number of halogens is 2. The van der Waals surface area contributed by atoms with E-state index in [2.05, 4.69) is 5.32 Å². The molecular weight excluding hydrogens is 371 g/mol. The molecule has 1 fully saturated rings. The number of hydrogen-bond donors (Lipinski definition) is 2. The van der Waals surface area contributed by atoms with Gasteiger partial charge in [0.05, 0.1) is 0 Å². The third-order valence-electron chi connectivity index (χ3n) is 5.00. The molecule has 1 saturated heterocycles. The Bertz CT molecular complexity index is 757. The van der Waals surface area contributed by atoms with E-state index in [9.17, 15) is 4.79 Å². The number of amides is 1. The zero-order chi connectivity index (χ0) is 17.9. The Kier molecular flexibility index (Phi) is 6.93. The van der Waals surface area contributed by atoms with Crippen LogP contribution in [-0.2, 0) is 10.2 Å². The Morgan fingerprint density at radius 2 is 1.85 bits per heavy atom. The molecule has 26 heavy (non-hydrogen) atoms. The van der Waals surface area contributed by atoms with Crippen LogP contribution in [0, 0.1) is 6.92 Å². The second kappa shape index (κ2) is 8.76. The lowest BCUT2D eigenvalue weighted by Crippen LogP contribution is -2.44. The number of nitrogens with one attached hydrogen (secondary N) is 1. The predicted molar refractivity (Wildman–Crippen MR) is 108 cm³/mol. The van der Waals surface area contributed by atoms with Crippen molar-refractivity contribution in [3.63, 3.8) is 0 Å². The van der Waals surface area contributed by atoms with Gasteiger partial charge in [0, 0.05) is 41.4 Å². The molecule has 140 valence electrons. The summed E-state index contributed by atoms with van der Waals surface area (Å²) in [6.45, 7) is 3.86. The average molecular weight is 395 g/mol. The highest BCUT2D eigenvalue weighted by atomic mass is 35.5. The van der Waals surface area contributed by atoms with Gasteiger partial charge in [-0.1, -0.05) is 29.8 Å². The number of aryl methyl sites for hydroxylation is 1. The Morgan fingerprint density at radius 1 is 1.19 bits per heavy atom. The van der Waals surface area contributed by atoms with E-state index >= 15 is 0 Å². The second-order valence-corrected chi connectivity index (χ2v) is 7.09. The SMILES string of the molecule is Cc1ccc(N)cc1C(=O)NCC1(c2ccc(Cl)cc2)CCOCC1.Cl. The lowest BCUT2D eigenvalue weighted by molar-refractivity contribution is 0.0487. The molecule has 1 aliphatic heterocycles. The monoisotopic (exact) mass is 394 g/mol. The van der Waals surface area contributed by atoms with Gasteiger partial charge in [-0.25, -0.2) is 0 Å². The van der Waals surface area contributed by atoms with Crippen molar-refractivity contribution in [2.75, 3.05) is 25.5 Å². The van der Waals surface area contributed by atoms with Gasteiger partial charge in [-0.3, -0.25) is 4.79 Å². The van der Waals surface area contributed by atoms with Gasteiger partial charge in [-0.05, 0) is 55.2 Å². The molecule has 1 amide bonds. The first-order valence-corrected chi connectivity index (χ1v) is 8.86. The summed E-state index contributed by atoms with van der Waals surface area (Å²) in [6.07, 6.45) is 1.73. The van der Waals surface area contributed by atoms with Crippen molar-refractivity contribution in [1.82, 2.24) is 5.32 Å². The minimum atomic E-state index is -0.132. The van der Waals surface area contributed by atoms with Gasteiger partial charge < -0.3 is 15.8 Å². The summed E-state index contributed by atoms with van der Waals surface area (Å²) >= 11 is 6.03. The number of ether oxygens (including phenoxy) is 1. The van der Waals surface area contributed by atoms with E-state index in [1.165, 1.54) is 5.56 Å². The zero-order valence-corrected chi connectivity index (χ0v) is 16.3. The largest absolute Gasteiger partial charge is 0.399 e. The highest BCUT2D eigenvalue weighted by Crippen LogP contribution is 2.35. The summed E-state index contributed by atoms with van der Waals surface area (Å²) in [5.74, 6) is -0.0929. The quantitative estimate of drug-likeness (QED) is 0.766. The van der Waals surface area contributed by atoms with Crippen molar-refractivity contribution >= 4 is 35.6 Å². The Balaban J connectivity index is 0.00000243. The first kappa shape index (κ1) is 20.6. The smallest absolute Gasteiger partial charge is 0.251 e. The number of anilines is 1. The first-order chi connectivity index (χ1) is 12.0. The number of carbonyl (C=O) groups is 1. The van der Waals surface area contributed by atoms with Gasteiger partial charge in [-0.15, -0.1) is 12.4 Å². The van der Waals surface area contributed by atoms with Gasteiger partial charge >= 0.3 is 0 Å². The van der Waals surface area contributed by atoms with Gasteiger partial charge in [-0.2, -0.15) is 0 Å². The summed E-state index contributed by atoms with van der Waals surface area (Å²) in [6, 6.07) is 13.3. The Labute approximate surface area is 165 Å². The number of hydrogen-bond acceptors (Lipinski definition) is 3. The highest BCUT2D eigenvalue weighted by molar-refractivity contribution is 6.30. The van der Waals surface area contributed by atoms with Crippen molar-refractivity contribution in [3.8, 4) is 0 Å². The number of carbonyl (C=O) groups excluding carboxylic acids is 1. The summed E-state index contributed by atoms with van der Waals surface area (Å²) < 4.78 is 5.54. The number of nitrogens with two attached hydrogens (primary N) is 1. The van der Waals surface area contributed by atoms with Crippen LogP contribution in [0.25, 0.3) is 0 Å². The van der Waals surface area contributed by atoms with E-state index in [-0.39, 0.29) is 23.7 Å². The minimum absolute atomic E-state index is 0. The highest BCUT2D eigenvalue weighted by Gasteiger charge is 2.35. The van der Waals surface area contributed by atoms with Crippen LogP contribution in [-0.4, -0.2) is 25.7 Å². The maximum Gasteiger partial charge on any atom is 0.251 e. The fourth-order valence-corrected chi connectivity index (χ4v) is 3.49. The third-order valence-corrected chi connectivity index (χ3v) is 5.25. The fraction of sp³-hybridized carbons (Fsp3) is 0.350. The minimum Gasteiger partial charge on any atom is -0.399 e. The molecule has 1 aliphatic rings. The van der Waals surface area contributed by atoms with Gasteiger partial charge in [0.25, 0.3) is 5.91 Å². The lowest BCUT2D eigenvalue weighted by atomic mass is 9.74. The molecule has 3 rings (SSSR count). The molecule has 0 saturated carbocycles. The second-order valence-electron chi connectivity index (χ2n) is 6.66. The number of benzene rings is 2. The van der Waals surface area contributed by atoms with Crippen LogP contribution in [0.5, 0.6) is 0 Å². The summed E-state index contributed by atoms with van der Waals surface area (Å²) in [5.41, 5.74) is 9.01. The Hall–Kier alpha value is -1.75. The molecular formula is C20H24Cl2N2O2. The van der Waals surface area contributed by atoms with Crippen molar-refractivity contribution < 1.29 is 9.53 Å². The van der Waals surface area contributed by atoms with Crippen molar-refractivity contribution in [3.05, 3.63) is 64.2 Å². The van der Waals surface area contributed by atoms with E-state index in [0.717, 1.165) is 18.4 Å². The summed E-state index contributed by atoms with van der Waals surface area (Å²) in [4.78, 5) is 12.7. The summed E-state index contributed by atoms with van der Waals surface area (Å²) in [5, 5.41) is 3.82. The molecule has 2 aromatic rings. The topological polar surface area (TPSA) is 64.4 Å². The maximum atomic E-state index is 12.7. The molecule has 1 heterocycles. The van der Waals surface area contributed by atoms with Crippen LogP contribution in [0.2, 0.25) is 5.02 Å². The standard InChI is InChI=1S/C20H23ClN2O2.ClH/c1-14-2-7-17(22)12-18(14)19(24)23-13-20(8-10-25-11-9-20)15-3-5-16(21)6-4-15;/h2-7,12H,8-11,13,22H2,1H3,(H,23,24);1H. The molecule has 0 atom stereocenters. The maximum absolute atomic E-state index is 12.7. The first-order valence-electron chi connectivity index (χ1n) is 8.48. The molecule has 0 radical (unpaired) electrons. The van der Waals surface area contributed by atoms with Crippen molar-refractivity contribution in [2.45, 2.75) is 25.2 Å². The molecule has 0 spiro atoms. The zero-order valence-electron chi connectivity index (χ0n) is 14.8. The molecule has 2 aromatic carbocycles. The number of rotatable bonds is 4. The van der Waals surface area contributed by atoms with E-state index in [1.807, 2.05) is 37.3 Å². The third kappa shape index (κ3) is 4.50. The average Bonchev–Trinajstić information content (AvgIpc) is 2.63. The number of nitrogen functional groups attached to an aromatic ring is 1. The van der Waals surface area contributed by atoms with Crippen molar-refractivity contribution in [2.24, 2.45) is 0 Å². The fourth-order valence-electron chi connectivity index (χ4n) is 3.36. The van der Waals surface area contributed by atoms with Crippen LogP contribution in [0.3, 0.4) is 0 Å². The molecule has 0 aliphatic carbocycles. The van der Waals surface area contributed by atoms with Gasteiger partial charge in [0.15, 0.2) is 0 Å². The van der Waals surface area contributed by atoms with Gasteiger partial charge in [0.2, 0.25) is 0 Å². The molecule has 0 unspecified atom stereocenters. The van der Waals surface area contributed by atoms with E-state index in [0.29, 0.717) is 36.0 Å². The summed E-state index contributed by atoms with van der Waals surface area (Å²) in [7, 11) is 0. The van der Waals surface area contributed by atoms with E-state index in [4.69, 9.17) is 22.1 Å². The van der Waals surface area contributed by atoms with Crippen LogP contribution in [0.4, 0.5) is 5.69 Å². The molecule has 0 aromatic heterocycles. The molecule has 3 N–H and O–H groups in total. The molecule has 6 heteroatoms. The van der Waals surface area contributed by atoms with Crippen LogP contribution >= 0.6 is 24.0 Å². The van der Waals surface area contributed by atoms with E-state index in [1.54, 1.807) is 12.1 Å². The van der Waals surface area contributed by atoms with Gasteiger partial charge in [0.1, 0.15) is 0 Å². The molecule has 0 bridgehead atoms. The Morgan fingerprint density at radius 3 is 2.50 bits per heavy atom. The van der Waals surface area contributed by atoms with Crippen LogP contribution < -0.4 is 11.1 Å². The van der Waals surface area contributed by atoms with Crippen LogP contribution in [0.1, 0.15) is 34.3 Å². The van der Waals surface area contributed by atoms with Crippen molar-refractivity contribution in [1.29, 1.82) is 0 Å². The normalized spacial score (nSPS) is 15.8. The van der Waals surface area contributed by atoms with Crippen LogP contribution in [0.15, 0.2) is 42.5 Å².